The first-order valence-electron chi connectivity index (χ1n) is 5.56. The fraction of sp³-hybridized carbons (Fsp3) is 0.462. The highest BCUT2D eigenvalue weighted by Crippen LogP contribution is 2.14. The lowest BCUT2D eigenvalue weighted by atomic mass is 9.98. The van der Waals surface area contributed by atoms with Crippen LogP contribution in [0, 0.1) is 0 Å². The number of rotatable bonds is 4. The van der Waals surface area contributed by atoms with E-state index in [9.17, 15) is 4.79 Å². The Morgan fingerprint density at radius 2 is 2.12 bits per heavy atom. The summed E-state index contributed by atoms with van der Waals surface area (Å²) in [7, 11) is 0. The molecule has 0 saturated carbocycles. The van der Waals surface area contributed by atoms with E-state index >= 15 is 0 Å². The van der Waals surface area contributed by atoms with Crippen LogP contribution in [0.1, 0.15) is 44.0 Å². The van der Waals surface area contributed by atoms with Crippen LogP contribution in [-0.2, 0) is 0 Å². The molecule has 88 valence electrons. The summed E-state index contributed by atoms with van der Waals surface area (Å²) in [6.45, 7) is 6.19. The average Bonchev–Trinajstić information content (AvgIpc) is 2.16. The molecule has 0 saturated heterocycles. The minimum Gasteiger partial charge on any atom is -0.347 e. The number of hydrogen-bond acceptors (Lipinski definition) is 2. The lowest BCUT2D eigenvalue weighted by Crippen LogP contribution is -2.43. The molecule has 0 radical (unpaired) electrons. The first-order valence-corrected chi connectivity index (χ1v) is 6.01. The van der Waals surface area contributed by atoms with E-state index < -0.39 is 0 Å². The van der Waals surface area contributed by atoms with Crippen LogP contribution in [0.25, 0.3) is 0 Å². The molecule has 0 aliphatic rings. The van der Waals surface area contributed by atoms with Crippen LogP contribution in [0.15, 0.2) is 29.2 Å². The molecule has 1 N–H and O–H groups in total. The van der Waals surface area contributed by atoms with Gasteiger partial charge < -0.3 is 5.32 Å². The second-order valence-electron chi connectivity index (χ2n) is 4.64. The summed E-state index contributed by atoms with van der Waals surface area (Å²) in [5.74, 6) is -0.0330. The Morgan fingerprint density at radius 3 is 2.69 bits per heavy atom. The van der Waals surface area contributed by atoms with Crippen molar-refractivity contribution >= 4 is 18.5 Å². The van der Waals surface area contributed by atoms with Gasteiger partial charge in [-0.05, 0) is 38.5 Å². The molecule has 0 aromatic heterocycles. The Kier molecular flexibility index (Phi) is 4.42. The monoisotopic (exact) mass is 237 g/mol. The van der Waals surface area contributed by atoms with E-state index in [0.717, 1.165) is 17.7 Å². The van der Waals surface area contributed by atoms with E-state index in [1.165, 1.54) is 0 Å². The van der Waals surface area contributed by atoms with Crippen molar-refractivity contribution in [2.24, 2.45) is 0 Å². The van der Waals surface area contributed by atoms with Crippen LogP contribution >= 0.6 is 12.6 Å². The summed E-state index contributed by atoms with van der Waals surface area (Å²) >= 11 is 4.22. The zero-order valence-electron chi connectivity index (χ0n) is 10.1. The maximum Gasteiger partial charge on any atom is 0.251 e. The Bertz CT molecular complexity index is 374. The highest BCUT2D eigenvalue weighted by molar-refractivity contribution is 7.80. The summed E-state index contributed by atoms with van der Waals surface area (Å²) in [4.78, 5) is 12.7. The number of nitrogens with one attached hydrogen (secondary N) is 1. The molecule has 0 fully saturated rings. The van der Waals surface area contributed by atoms with Crippen molar-refractivity contribution in [3.05, 3.63) is 29.8 Å². The smallest absolute Gasteiger partial charge is 0.251 e. The van der Waals surface area contributed by atoms with E-state index in [-0.39, 0.29) is 11.4 Å². The van der Waals surface area contributed by atoms with Crippen LogP contribution < -0.4 is 5.32 Å². The molecule has 0 aliphatic heterocycles. The topological polar surface area (TPSA) is 29.1 Å². The number of thiol groups is 1. The SMILES string of the molecule is CCCC(C)(C)NC(=O)c1cccc(S)c1. The quantitative estimate of drug-likeness (QED) is 0.773. The lowest BCUT2D eigenvalue weighted by Gasteiger charge is -2.25. The van der Waals surface area contributed by atoms with Gasteiger partial charge in [-0.3, -0.25) is 4.79 Å². The van der Waals surface area contributed by atoms with Crippen LogP contribution in [0.3, 0.4) is 0 Å². The van der Waals surface area contributed by atoms with Crippen molar-refractivity contribution < 1.29 is 4.79 Å². The molecule has 0 unspecified atom stereocenters. The van der Waals surface area contributed by atoms with Crippen LogP contribution in [0.2, 0.25) is 0 Å². The number of carbonyl (C=O) groups excluding carboxylic acids is 1. The Morgan fingerprint density at radius 1 is 1.44 bits per heavy atom. The number of benzene rings is 1. The molecule has 0 atom stereocenters. The van der Waals surface area contributed by atoms with Gasteiger partial charge in [0.25, 0.3) is 5.91 Å². The summed E-state index contributed by atoms with van der Waals surface area (Å²) in [5, 5.41) is 3.03. The van der Waals surface area contributed by atoms with Gasteiger partial charge in [0.05, 0.1) is 0 Å². The highest BCUT2D eigenvalue weighted by atomic mass is 32.1. The minimum atomic E-state index is -0.154. The Balaban J connectivity index is 2.72. The largest absolute Gasteiger partial charge is 0.347 e. The van der Waals surface area contributed by atoms with Gasteiger partial charge in [-0.2, -0.15) is 0 Å². The van der Waals surface area contributed by atoms with Gasteiger partial charge in [-0.25, -0.2) is 0 Å². The number of carbonyl (C=O) groups is 1. The maximum atomic E-state index is 11.9. The van der Waals surface area contributed by atoms with Crippen molar-refractivity contribution in [2.45, 2.75) is 44.0 Å². The molecular weight excluding hydrogens is 218 g/mol. The van der Waals surface area contributed by atoms with Crippen LogP contribution in [0.5, 0.6) is 0 Å². The third kappa shape index (κ3) is 3.89. The highest BCUT2D eigenvalue weighted by Gasteiger charge is 2.19. The van der Waals surface area contributed by atoms with Gasteiger partial charge in [0.2, 0.25) is 0 Å². The first kappa shape index (κ1) is 13.1. The van der Waals surface area contributed by atoms with Crippen LogP contribution in [-0.4, -0.2) is 11.4 Å². The third-order valence-electron chi connectivity index (χ3n) is 2.44. The van der Waals surface area contributed by atoms with Crippen molar-refractivity contribution in [3.8, 4) is 0 Å². The number of amides is 1. The van der Waals surface area contributed by atoms with E-state index in [4.69, 9.17) is 0 Å². The molecule has 1 amide bonds. The van der Waals surface area contributed by atoms with Crippen molar-refractivity contribution in [3.63, 3.8) is 0 Å². The van der Waals surface area contributed by atoms with Gasteiger partial charge in [0, 0.05) is 16.0 Å². The Hall–Kier alpha value is -0.960. The van der Waals surface area contributed by atoms with Crippen molar-refractivity contribution in [1.29, 1.82) is 0 Å². The van der Waals surface area contributed by atoms with Crippen molar-refractivity contribution in [1.82, 2.24) is 5.32 Å². The van der Waals surface area contributed by atoms with Gasteiger partial charge in [-0.15, -0.1) is 12.6 Å². The molecule has 0 aliphatic carbocycles. The molecule has 1 aromatic rings. The second kappa shape index (κ2) is 5.39. The number of hydrogen-bond donors (Lipinski definition) is 2. The fourth-order valence-corrected chi connectivity index (χ4v) is 1.94. The normalized spacial score (nSPS) is 11.2. The standard InChI is InChI=1S/C13H19NOS/c1-4-8-13(2,3)14-12(15)10-6-5-7-11(16)9-10/h5-7,9,16H,4,8H2,1-3H3,(H,14,15). The first-order chi connectivity index (χ1) is 7.44. The molecule has 0 bridgehead atoms. The second-order valence-corrected chi connectivity index (χ2v) is 5.15. The van der Waals surface area contributed by atoms with Crippen LogP contribution in [0.4, 0.5) is 0 Å². The van der Waals surface area contributed by atoms with E-state index in [2.05, 4.69) is 24.9 Å². The molecule has 1 aromatic carbocycles. The zero-order valence-corrected chi connectivity index (χ0v) is 11.0. The predicted molar refractivity (Wildman–Crippen MR) is 70.1 cm³/mol. The molecule has 0 spiro atoms. The lowest BCUT2D eigenvalue weighted by molar-refractivity contribution is 0.0909. The van der Waals surface area contributed by atoms with Gasteiger partial charge in [0.15, 0.2) is 0 Å². The maximum absolute atomic E-state index is 11.9. The predicted octanol–water partition coefficient (Wildman–Crippen LogP) is 3.28. The Labute approximate surface area is 103 Å². The van der Waals surface area contributed by atoms with Crippen molar-refractivity contribution in [2.75, 3.05) is 0 Å². The van der Waals surface area contributed by atoms with Gasteiger partial charge in [0.1, 0.15) is 0 Å². The summed E-state index contributed by atoms with van der Waals surface area (Å²) in [6.07, 6.45) is 2.03. The summed E-state index contributed by atoms with van der Waals surface area (Å²) in [5.41, 5.74) is 0.509. The zero-order chi connectivity index (χ0) is 12.2. The van der Waals surface area contributed by atoms with Gasteiger partial charge >= 0.3 is 0 Å². The average molecular weight is 237 g/mol. The summed E-state index contributed by atoms with van der Waals surface area (Å²) in [6, 6.07) is 7.28. The van der Waals surface area contributed by atoms with E-state index in [1.54, 1.807) is 12.1 Å². The molecule has 16 heavy (non-hydrogen) atoms. The fourth-order valence-electron chi connectivity index (χ4n) is 1.71. The van der Waals surface area contributed by atoms with E-state index in [1.807, 2.05) is 26.0 Å². The van der Waals surface area contributed by atoms with E-state index in [0.29, 0.717) is 5.56 Å². The minimum absolute atomic E-state index is 0.0330. The molecule has 1 rings (SSSR count). The molecule has 3 heteroatoms. The molecular formula is C13H19NOS. The molecule has 0 heterocycles. The third-order valence-corrected chi connectivity index (χ3v) is 2.71. The van der Waals surface area contributed by atoms with Gasteiger partial charge in [-0.1, -0.05) is 19.4 Å². The summed E-state index contributed by atoms with van der Waals surface area (Å²) < 4.78 is 0. The molecule has 2 nitrogen and oxygen atoms in total.